The standard InChI is InChI=1S/C26H34N2O2/c1-26(2,3)25(29)28-18-22(20-11-8-12-21(15-20)30-4)23-17-27(14-13-24(23)28)16-19-9-6-5-7-10-19/h5-12,15,22-24H,13-14,16-18H2,1-4H3/t22-,23-,24-/m1/s1. The number of carbonyl (C=O) groups is 1. The molecule has 0 spiro atoms. The van der Waals surface area contributed by atoms with E-state index >= 15 is 0 Å². The molecule has 2 saturated heterocycles. The summed E-state index contributed by atoms with van der Waals surface area (Å²) in [6.45, 7) is 9.94. The third-order valence-corrected chi connectivity index (χ3v) is 6.69. The largest absolute Gasteiger partial charge is 0.497 e. The van der Waals surface area contributed by atoms with Crippen molar-refractivity contribution < 1.29 is 9.53 Å². The number of hydrogen-bond acceptors (Lipinski definition) is 3. The number of likely N-dealkylation sites (tertiary alicyclic amines) is 2. The summed E-state index contributed by atoms with van der Waals surface area (Å²) in [6.07, 6.45) is 1.04. The number of carbonyl (C=O) groups excluding carboxylic acids is 1. The van der Waals surface area contributed by atoms with E-state index in [0.29, 0.717) is 17.9 Å². The number of nitrogens with zero attached hydrogens (tertiary/aromatic N) is 2. The lowest BCUT2D eigenvalue weighted by Crippen LogP contribution is -2.49. The number of rotatable bonds is 4. The lowest BCUT2D eigenvalue weighted by Gasteiger charge is -2.40. The highest BCUT2D eigenvalue weighted by molar-refractivity contribution is 5.82. The minimum atomic E-state index is -0.352. The summed E-state index contributed by atoms with van der Waals surface area (Å²) in [5.74, 6) is 1.96. The summed E-state index contributed by atoms with van der Waals surface area (Å²) in [6, 6.07) is 19.4. The van der Waals surface area contributed by atoms with Crippen molar-refractivity contribution in [3.05, 3.63) is 65.7 Å². The van der Waals surface area contributed by atoms with Gasteiger partial charge in [-0.05, 0) is 29.7 Å². The number of amides is 1. The number of hydrogen-bond donors (Lipinski definition) is 0. The summed E-state index contributed by atoms with van der Waals surface area (Å²) in [5.41, 5.74) is 2.29. The van der Waals surface area contributed by atoms with Gasteiger partial charge < -0.3 is 9.64 Å². The molecule has 2 heterocycles. The molecule has 2 aromatic carbocycles. The van der Waals surface area contributed by atoms with Crippen LogP contribution in [0.1, 0.15) is 44.2 Å². The van der Waals surface area contributed by atoms with Gasteiger partial charge in [-0.2, -0.15) is 0 Å². The molecular weight excluding hydrogens is 372 g/mol. The maximum Gasteiger partial charge on any atom is 0.228 e. The second-order valence-electron chi connectivity index (χ2n) is 9.83. The van der Waals surface area contributed by atoms with E-state index in [9.17, 15) is 4.79 Å². The van der Waals surface area contributed by atoms with Gasteiger partial charge >= 0.3 is 0 Å². The zero-order valence-electron chi connectivity index (χ0n) is 18.7. The topological polar surface area (TPSA) is 32.8 Å². The number of fused-ring (bicyclic) bond motifs is 1. The lowest BCUT2D eigenvalue weighted by atomic mass is 9.81. The van der Waals surface area contributed by atoms with Crippen molar-refractivity contribution >= 4 is 5.91 Å². The van der Waals surface area contributed by atoms with Gasteiger partial charge in [0, 0.05) is 49.5 Å². The van der Waals surface area contributed by atoms with Crippen LogP contribution in [0.2, 0.25) is 0 Å². The molecule has 4 heteroatoms. The first-order chi connectivity index (χ1) is 14.4. The Morgan fingerprint density at radius 2 is 1.83 bits per heavy atom. The first-order valence-corrected chi connectivity index (χ1v) is 11.1. The smallest absolute Gasteiger partial charge is 0.228 e. The molecule has 30 heavy (non-hydrogen) atoms. The van der Waals surface area contributed by atoms with Gasteiger partial charge in [-0.15, -0.1) is 0 Å². The highest BCUT2D eigenvalue weighted by Crippen LogP contribution is 2.43. The zero-order valence-corrected chi connectivity index (χ0v) is 18.7. The summed E-state index contributed by atoms with van der Waals surface area (Å²) < 4.78 is 5.49. The van der Waals surface area contributed by atoms with E-state index in [2.05, 4.69) is 58.3 Å². The molecule has 2 fully saturated rings. The van der Waals surface area contributed by atoms with E-state index in [1.54, 1.807) is 7.11 Å². The average Bonchev–Trinajstić information content (AvgIpc) is 3.12. The van der Waals surface area contributed by atoms with Crippen molar-refractivity contribution in [2.45, 2.75) is 45.7 Å². The average molecular weight is 407 g/mol. The molecule has 1 amide bonds. The van der Waals surface area contributed by atoms with Gasteiger partial charge in [0.1, 0.15) is 5.75 Å². The van der Waals surface area contributed by atoms with Gasteiger partial charge in [-0.1, -0.05) is 63.2 Å². The Morgan fingerprint density at radius 3 is 2.53 bits per heavy atom. The van der Waals surface area contributed by atoms with E-state index in [-0.39, 0.29) is 11.3 Å². The fourth-order valence-corrected chi connectivity index (χ4v) is 5.18. The monoisotopic (exact) mass is 406 g/mol. The molecule has 2 aliphatic heterocycles. The van der Waals surface area contributed by atoms with Crippen LogP contribution in [-0.2, 0) is 11.3 Å². The quantitative estimate of drug-likeness (QED) is 0.746. The van der Waals surface area contributed by atoms with Crippen molar-refractivity contribution in [2.75, 3.05) is 26.7 Å². The van der Waals surface area contributed by atoms with Crippen LogP contribution >= 0.6 is 0 Å². The third-order valence-electron chi connectivity index (χ3n) is 6.69. The Labute approximate surface area is 180 Å². The van der Waals surface area contributed by atoms with Gasteiger partial charge in [0.15, 0.2) is 0 Å². The maximum atomic E-state index is 13.3. The van der Waals surface area contributed by atoms with E-state index < -0.39 is 0 Å². The van der Waals surface area contributed by atoms with Crippen LogP contribution in [0.15, 0.2) is 54.6 Å². The highest BCUT2D eigenvalue weighted by Gasteiger charge is 2.48. The van der Waals surface area contributed by atoms with Gasteiger partial charge in [0.2, 0.25) is 5.91 Å². The first kappa shape index (κ1) is 20.9. The predicted octanol–water partition coefficient (Wildman–Crippen LogP) is 4.56. The van der Waals surface area contributed by atoms with E-state index in [1.165, 1.54) is 11.1 Å². The van der Waals surface area contributed by atoms with Gasteiger partial charge in [-0.3, -0.25) is 9.69 Å². The van der Waals surface area contributed by atoms with Crippen LogP contribution in [0, 0.1) is 11.3 Å². The Balaban J connectivity index is 1.60. The molecule has 0 aliphatic carbocycles. The molecule has 0 unspecified atom stereocenters. The van der Waals surface area contributed by atoms with Crippen LogP contribution < -0.4 is 4.74 Å². The fraction of sp³-hybridized carbons (Fsp3) is 0.500. The van der Waals surface area contributed by atoms with E-state index in [1.807, 2.05) is 26.8 Å². The summed E-state index contributed by atoms with van der Waals surface area (Å²) >= 11 is 0. The van der Waals surface area contributed by atoms with Crippen LogP contribution in [0.4, 0.5) is 0 Å². The van der Waals surface area contributed by atoms with Crippen molar-refractivity contribution in [1.29, 1.82) is 0 Å². The molecule has 2 aliphatic rings. The lowest BCUT2D eigenvalue weighted by molar-refractivity contribution is -0.141. The van der Waals surface area contributed by atoms with Crippen molar-refractivity contribution in [3.63, 3.8) is 0 Å². The number of methoxy groups -OCH3 is 1. The van der Waals surface area contributed by atoms with Crippen molar-refractivity contribution in [3.8, 4) is 5.75 Å². The van der Waals surface area contributed by atoms with Crippen molar-refractivity contribution in [2.24, 2.45) is 11.3 Å². The second kappa shape index (κ2) is 8.43. The fourth-order valence-electron chi connectivity index (χ4n) is 5.18. The molecule has 4 nitrogen and oxygen atoms in total. The number of piperidine rings is 1. The van der Waals surface area contributed by atoms with Crippen LogP contribution in [0.3, 0.4) is 0 Å². The van der Waals surface area contributed by atoms with Crippen LogP contribution in [0.25, 0.3) is 0 Å². The van der Waals surface area contributed by atoms with E-state index in [0.717, 1.165) is 38.3 Å². The summed E-state index contributed by atoms with van der Waals surface area (Å²) in [5, 5.41) is 0. The Hall–Kier alpha value is -2.33. The molecule has 0 N–H and O–H groups in total. The third kappa shape index (κ3) is 4.24. The molecule has 0 radical (unpaired) electrons. The second-order valence-corrected chi connectivity index (χ2v) is 9.83. The number of benzene rings is 2. The zero-order chi connectivity index (χ0) is 21.3. The minimum absolute atomic E-state index is 0.277. The predicted molar refractivity (Wildman–Crippen MR) is 121 cm³/mol. The van der Waals surface area contributed by atoms with Crippen LogP contribution in [0.5, 0.6) is 5.75 Å². The first-order valence-electron chi connectivity index (χ1n) is 11.1. The van der Waals surface area contributed by atoms with Crippen molar-refractivity contribution in [1.82, 2.24) is 9.80 Å². The Morgan fingerprint density at radius 1 is 1.07 bits per heavy atom. The minimum Gasteiger partial charge on any atom is -0.497 e. The summed E-state index contributed by atoms with van der Waals surface area (Å²) in [7, 11) is 1.72. The van der Waals surface area contributed by atoms with Gasteiger partial charge in [0.25, 0.3) is 0 Å². The molecule has 0 bridgehead atoms. The molecule has 0 aromatic heterocycles. The Bertz CT molecular complexity index is 874. The Kier molecular flexibility index (Phi) is 5.88. The SMILES string of the molecule is COc1cccc([C@H]2CN(C(=O)C(C)(C)C)[C@@H]3CCN(Cc4ccccc4)C[C@H]23)c1. The summed E-state index contributed by atoms with van der Waals surface area (Å²) in [4.78, 5) is 18.0. The molecular formula is C26H34N2O2. The highest BCUT2D eigenvalue weighted by atomic mass is 16.5. The molecule has 160 valence electrons. The molecule has 2 aromatic rings. The van der Waals surface area contributed by atoms with Gasteiger partial charge in [0.05, 0.1) is 7.11 Å². The number of ether oxygens (including phenoxy) is 1. The molecule has 3 atom stereocenters. The van der Waals surface area contributed by atoms with E-state index in [4.69, 9.17) is 4.74 Å². The maximum absolute atomic E-state index is 13.3. The molecule has 4 rings (SSSR count). The normalized spacial score (nSPS) is 24.5. The van der Waals surface area contributed by atoms with Crippen LogP contribution in [-0.4, -0.2) is 48.5 Å². The molecule has 0 saturated carbocycles. The van der Waals surface area contributed by atoms with Gasteiger partial charge in [-0.25, -0.2) is 0 Å².